The Morgan fingerprint density at radius 1 is 1.58 bits per heavy atom. The van der Waals surface area contributed by atoms with E-state index in [0.29, 0.717) is 5.57 Å². The number of nitrogens with two attached hydrogens (primary N) is 1. The van der Waals surface area contributed by atoms with Crippen LogP contribution in [0.15, 0.2) is 12.2 Å². The number of ether oxygens (including phenoxy) is 1. The maximum absolute atomic E-state index is 10.2. The Balaban J connectivity index is 0. The second-order valence-corrected chi connectivity index (χ2v) is 1.87. The molecule has 0 aliphatic carbocycles. The van der Waals surface area contributed by atoms with Crippen LogP contribution in [0.2, 0.25) is 0 Å². The fourth-order valence-electron chi connectivity index (χ4n) is 0.174. The molecule has 0 aliphatic heterocycles. The van der Waals surface area contributed by atoms with Crippen LogP contribution in [-0.4, -0.2) is 30.7 Å². The monoisotopic (exact) mass is 175 g/mol. The summed E-state index contributed by atoms with van der Waals surface area (Å²) in [5, 5.41) is 7.60. The van der Waals surface area contributed by atoms with Crippen molar-refractivity contribution in [1.82, 2.24) is 0 Å². The number of carbonyl (C=O) groups excluding carboxylic acids is 1. The number of aliphatic carboxylic acids is 1. The molecule has 3 N–H and O–H groups in total. The van der Waals surface area contributed by atoms with Crippen LogP contribution < -0.4 is 5.73 Å². The van der Waals surface area contributed by atoms with E-state index in [4.69, 9.17) is 5.11 Å². The van der Waals surface area contributed by atoms with Gasteiger partial charge in [-0.25, -0.2) is 4.79 Å². The smallest absolute Gasteiger partial charge is 0.332 e. The third-order valence-corrected chi connectivity index (χ3v) is 0.708. The van der Waals surface area contributed by atoms with Crippen molar-refractivity contribution in [3.8, 4) is 0 Å². The summed E-state index contributed by atoms with van der Waals surface area (Å²) in [4.78, 5) is 19.4. The number of carboxylic acid groups (broad SMARTS) is 1. The zero-order valence-corrected chi connectivity index (χ0v) is 7.16. The number of carbonyl (C=O) groups is 2. The van der Waals surface area contributed by atoms with Gasteiger partial charge in [0.2, 0.25) is 0 Å². The van der Waals surface area contributed by atoms with Gasteiger partial charge in [0.1, 0.15) is 0 Å². The van der Waals surface area contributed by atoms with Crippen molar-refractivity contribution in [3.63, 3.8) is 0 Å². The van der Waals surface area contributed by atoms with Gasteiger partial charge in [-0.2, -0.15) is 0 Å². The van der Waals surface area contributed by atoms with E-state index in [1.807, 2.05) is 0 Å². The summed E-state index contributed by atoms with van der Waals surface area (Å²) in [6.07, 6.45) is 0. The number of esters is 1. The highest BCUT2D eigenvalue weighted by Gasteiger charge is 1.95. The van der Waals surface area contributed by atoms with E-state index in [0.717, 1.165) is 0 Å². The molecule has 70 valence electrons. The molecule has 0 heterocycles. The molecule has 0 amide bonds. The number of rotatable bonds is 2. The molecule has 0 atom stereocenters. The van der Waals surface area contributed by atoms with Gasteiger partial charge >= 0.3 is 11.9 Å². The van der Waals surface area contributed by atoms with Crippen molar-refractivity contribution in [3.05, 3.63) is 12.2 Å². The molecule has 0 aromatic heterocycles. The Labute approximate surface area is 70.8 Å². The minimum absolute atomic E-state index is 0.278. The lowest BCUT2D eigenvalue weighted by Crippen LogP contribution is -2.10. The van der Waals surface area contributed by atoms with E-state index in [9.17, 15) is 9.59 Å². The molecule has 0 aromatic rings. The van der Waals surface area contributed by atoms with Crippen molar-refractivity contribution < 1.29 is 19.4 Å². The van der Waals surface area contributed by atoms with Gasteiger partial charge in [-0.05, 0) is 6.92 Å². The molecule has 0 fully saturated rings. The van der Waals surface area contributed by atoms with E-state index >= 15 is 0 Å². The first-order valence-electron chi connectivity index (χ1n) is 3.11. The Kier molecular flexibility index (Phi) is 8.55. The van der Waals surface area contributed by atoms with Crippen LogP contribution in [0.1, 0.15) is 6.92 Å². The minimum atomic E-state index is -0.968. The highest BCUT2D eigenvalue weighted by Crippen LogP contribution is 1.87. The number of carboxylic acids is 1. The highest BCUT2D eigenvalue weighted by molar-refractivity contribution is 5.86. The summed E-state index contributed by atoms with van der Waals surface area (Å²) in [6, 6.07) is 0. The van der Waals surface area contributed by atoms with E-state index in [1.54, 1.807) is 6.92 Å². The standard InChI is InChI=1S/C5H8O2.C2H5NO2/c1-4(2)5(6)7-3;3-1-2(4)5/h1H2,2-3H3;1,3H2,(H,4,5). The van der Waals surface area contributed by atoms with Crippen LogP contribution in [0.4, 0.5) is 0 Å². The first-order valence-corrected chi connectivity index (χ1v) is 3.11. The van der Waals surface area contributed by atoms with Gasteiger partial charge in [-0.15, -0.1) is 0 Å². The predicted molar refractivity (Wildman–Crippen MR) is 43.5 cm³/mol. The Bertz CT molecular complexity index is 176. The summed E-state index contributed by atoms with van der Waals surface area (Å²) in [7, 11) is 1.33. The summed E-state index contributed by atoms with van der Waals surface area (Å²) in [6.45, 7) is 4.68. The van der Waals surface area contributed by atoms with Crippen LogP contribution >= 0.6 is 0 Å². The summed E-state index contributed by atoms with van der Waals surface area (Å²) in [5.41, 5.74) is 5.00. The van der Waals surface area contributed by atoms with Crippen molar-refractivity contribution in [2.75, 3.05) is 13.7 Å². The van der Waals surface area contributed by atoms with E-state index in [1.165, 1.54) is 7.11 Å². The first-order chi connectivity index (χ1) is 5.45. The fraction of sp³-hybridized carbons (Fsp3) is 0.429. The van der Waals surface area contributed by atoms with Crippen molar-refractivity contribution in [2.45, 2.75) is 6.92 Å². The number of hydrogen-bond acceptors (Lipinski definition) is 4. The number of hydrogen-bond donors (Lipinski definition) is 2. The zero-order chi connectivity index (χ0) is 10.1. The third-order valence-electron chi connectivity index (χ3n) is 0.708. The normalized spacial score (nSPS) is 7.58. The Morgan fingerprint density at radius 2 is 1.92 bits per heavy atom. The topological polar surface area (TPSA) is 89.6 Å². The molecule has 0 saturated carbocycles. The van der Waals surface area contributed by atoms with Crippen LogP contribution in [0, 0.1) is 0 Å². The third kappa shape index (κ3) is 11.4. The van der Waals surface area contributed by atoms with Crippen molar-refractivity contribution in [2.24, 2.45) is 5.73 Å². The molecule has 0 spiro atoms. The molecule has 0 aromatic carbocycles. The summed E-state index contributed by atoms with van der Waals surface area (Å²) >= 11 is 0. The highest BCUT2D eigenvalue weighted by atomic mass is 16.5. The van der Waals surface area contributed by atoms with E-state index in [-0.39, 0.29) is 12.5 Å². The van der Waals surface area contributed by atoms with Crippen LogP contribution in [0.5, 0.6) is 0 Å². The van der Waals surface area contributed by atoms with E-state index in [2.05, 4.69) is 17.0 Å². The van der Waals surface area contributed by atoms with Gasteiger partial charge in [-0.3, -0.25) is 4.79 Å². The van der Waals surface area contributed by atoms with Crippen LogP contribution in [-0.2, 0) is 14.3 Å². The Morgan fingerprint density at radius 3 is 1.92 bits per heavy atom. The summed E-state index contributed by atoms with van der Waals surface area (Å²) < 4.78 is 4.27. The van der Waals surface area contributed by atoms with E-state index < -0.39 is 5.97 Å². The zero-order valence-electron chi connectivity index (χ0n) is 7.16. The van der Waals surface area contributed by atoms with Crippen molar-refractivity contribution >= 4 is 11.9 Å². The maximum Gasteiger partial charge on any atom is 0.332 e. The van der Waals surface area contributed by atoms with Gasteiger partial charge in [-0.1, -0.05) is 6.58 Å². The van der Waals surface area contributed by atoms with Gasteiger partial charge in [0.05, 0.1) is 13.7 Å². The predicted octanol–water partition coefficient (Wildman–Crippen LogP) is -0.235. The van der Waals surface area contributed by atoms with Crippen LogP contribution in [0.3, 0.4) is 0 Å². The lowest BCUT2D eigenvalue weighted by molar-refractivity contribution is -0.136. The molecule has 0 radical (unpaired) electrons. The SMILES string of the molecule is C=C(C)C(=O)OC.NCC(=O)O. The fourth-order valence-corrected chi connectivity index (χ4v) is 0.174. The van der Waals surface area contributed by atoms with Crippen molar-refractivity contribution in [1.29, 1.82) is 0 Å². The lowest BCUT2D eigenvalue weighted by Gasteiger charge is -1.91. The minimum Gasteiger partial charge on any atom is -0.480 e. The molecule has 0 rings (SSSR count). The quantitative estimate of drug-likeness (QED) is 0.446. The number of methoxy groups -OCH3 is 1. The molecule has 0 unspecified atom stereocenters. The molecular formula is C7H13NO4. The molecule has 12 heavy (non-hydrogen) atoms. The largest absolute Gasteiger partial charge is 0.480 e. The molecule has 5 heteroatoms. The summed E-state index contributed by atoms with van der Waals surface area (Å²) in [5.74, 6) is -1.31. The molecule has 0 aliphatic rings. The second-order valence-electron chi connectivity index (χ2n) is 1.87. The maximum atomic E-state index is 10.2. The second kappa shape index (κ2) is 7.74. The molecule has 0 bridgehead atoms. The first kappa shape index (κ1) is 13.2. The van der Waals surface area contributed by atoms with Crippen LogP contribution in [0.25, 0.3) is 0 Å². The average molecular weight is 175 g/mol. The van der Waals surface area contributed by atoms with Gasteiger partial charge in [0.25, 0.3) is 0 Å². The lowest BCUT2D eigenvalue weighted by atomic mass is 10.4. The molecule has 0 saturated heterocycles. The average Bonchev–Trinajstić information content (AvgIpc) is 2.04. The Hall–Kier alpha value is -1.36. The van der Waals surface area contributed by atoms with Gasteiger partial charge < -0.3 is 15.6 Å². The molecular weight excluding hydrogens is 162 g/mol. The van der Waals surface area contributed by atoms with Gasteiger partial charge in [0.15, 0.2) is 0 Å². The molecule has 5 nitrogen and oxygen atoms in total. The van der Waals surface area contributed by atoms with Gasteiger partial charge in [0, 0.05) is 5.57 Å².